The second-order valence-corrected chi connectivity index (χ2v) is 13.1. The molecule has 2 aromatic carbocycles. The van der Waals surface area contributed by atoms with Crippen LogP contribution < -0.4 is 5.32 Å². The molecular weight excluding hydrogens is 605 g/mol. The average Bonchev–Trinajstić information content (AvgIpc) is 3.54. The number of aromatic nitrogens is 2. The molecule has 43 heavy (non-hydrogen) atoms. The second kappa shape index (κ2) is 13.3. The van der Waals surface area contributed by atoms with Gasteiger partial charge in [0.1, 0.15) is 9.90 Å². The molecule has 2 fully saturated rings. The van der Waals surface area contributed by atoms with Crippen LogP contribution in [0.3, 0.4) is 0 Å². The predicted molar refractivity (Wildman–Crippen MR) is 170 cm³/mol. The van der Waals surface area contributed by atoms with Crippen molar-refractivity contribution in [1.29, 1.82) is 0 Å². The van der Waals surface area contributed by atoms with Gasteiger partial charge in [0, 0.05) is 65.0 Å². The van der Waals surface area contributed by atoms with E-state index in [1.54, 1.807) is 12.3 Å². The van der Waals surface area contributed by atoms with Crippen LogP contribution in [0, 0.1) is 0 Å². The van der Waals surface area contributed by atoms with Gasteiger partial charge in [-0.25, -0.2) is 4.98 Å². The van der Waals surface area contributed by atoms with Crippen LogP contribution in [0.1, 0.15) is 30.0 Å². The van der Waals surface area contributed by atoms with Crippen LogP contribution in [0.25, 0.3) is 10.9 Å². The van der Waals surface area contributed by atoms with Gasteiger partial charge in [0.15, 0.2) is 0 Å². The summed E-state index contributed by atoms with van der Waals surface area (Å²) in [4.78, 5) is 41.2. The molecule has 2 aromatic heterocycles. The summed E-state index contributed by atoms with van der Waals surface area (Å²) in [6, 6.07) is 18.5. The van der Waals surface area contributed by atoms with E-state index in [1.807, 2.05) is 65.7 Å². The van der Waals surface area contributed by atoms with Crippen LogP contribution in [0.4, 0.5) is 0 Å². The van der Waals surface area contributed by atoms with Crippen molar-refractivity contribution < 1.29 is 14.3 Å². The largest absolute Gasteiger partial charge is 0.379 e. The van der Waals surface area contributed by atoms with Gasteiger partial charge in [-0.3, -0.25) is 14.5 Å². The number of H-pyrrole nitrogens is 1. The smallest absolute Gasteiger partial charge is 0.239 e. The number of thioether (sulfide) groups is 1. The SMILES string of the molecule is O=C1C[C@@](Sc2ccccc2)(C(=O)NCCCN2CCOCC2)[C@@H](c2c[nH]c3cc(Cl)ccc23)N1Cc1ccc(Cl)nc1. The minimum Gasteiger partial charge on any atom is -0.379 e. The molecule has 2 saturated heterocycles. The Hall–Kier alpha value is -3.08. The Morgan fingerprint density at radius 2 is 1.93 bits per heavy atom. The van der Waals surface area contributed by atoms with E-state index in [-0.39, 0.29) is 24.8 Å². The average molecular weight is 639 g/mol. The minimum absolute atomic E-state index is 0.0494. The molecule has 2 aliphatic rings. The maximum atomic E-state index is 14.5. The molecule has 0 spiro atoms. The first-order valence-electron chi connectivity index (χ1n) is 14.4. The number of nitrogens with one attached hydrogen (secondary N) is 2. The van der Waals surface area contributed by atoms with Crippen LogP contribution >= 0.6 is 35.0 Å². The number of likely N-dealkylation sites (tertiary alicyclic amines) is 1. The van der Waals surface area contributed by atoms with E-state index < -0.39 is 10.8 Å². The van der Waals surface area contributed by atoms with E-state index >= 15 is 0 Å². The number of hydrogen-bond acceptors (Lipinski definition) is 6. The van der Waals surface area contributed by atoms with Gasteiger partial charge < -0.3 is 19.9 Å². The van der Waals surface area contributed by atoms with Crippen molar-refractivity contribution in [2.75, 3.05) is 39.4 Å². The van der Waals surface area contributed by atoms with E-state index in [2.05, 4.69) is 20.2 Å². The van der Waals surface area contributed by atoms with Crippen LogP contribution in [-0.4, -0.2) is 75.7 Å². The molecule has 2 amide bonds. The maximum Gasteiger partial charge on any atom is 0.239 e. The summed E-state index contributed by atoms with van der Waals surface area (Å²) >= 11 is 13.8. The number of halogens is 2. The normalized spacial score (nSPS) is 21.0. The third-order valence-electron chi connectivity index (χ3n) is 8.07. The van der Waals surface area contributed by atoms with Crippen molar-refractivity contribution in [2.45, 2.75) is 35.1 Å². The first-order chi connectivity index (χ1) is 20.9. The highest BCUT2D eigenvalue weighted by molar-refractivity contribution is 8.01. The second-order valence-electron chi connectivity index (χ2n) is 10.9. The summed E-state index contributed by atoms with van der Waals surface area (Å²) in [6.07, 6.45) is 4.44. The molecule has 2 N–H and O–H groups in total. The Morgan fingerprint density at radius 3 is 2.70 bits per heavy atom. The molecule has 2 atom stereocenters. The predicted octanol–water partition coefficient (Wildman–Crippen LogP) is 5.71. The lowest BCUT2D eigenvalue weighted by Gasteiger charge is -2.36. The van der Waals surface area contributed by atoms with Gasteiger partial charge in [-0.15, -0.1) is 11.8 Å². The molecule has 4 heterocycles. The number of benzene rings is 2. The lowest BCUT2D eigenvalue weighted by Crippen LogP contribution is -2.48. The molecule has 0 unspecified atom stereocenters. The highest BCUT2D eigenvalue weighted by Gasteiger charge is 2.58. The number of fused-ring (bicyclic) bond motifs is 1. The summed E-state index contributed by atoms with van der Waals surface area (Å²) in [5, 5.41) is 5.14. The zero-order chi connectivity index (χ0) is 29.8. The zero-order valence-corrected chi connectivity index (χ0v) is 25.9. The Morgan fingerprint density at radius 1 is 1.12 bits per heavy atom. The first-order valence-corrected chi connectivity index (χ1v) is 16.0. The fourth-order valence-corrected chi connectivity index (χ4v) is 7.71. The van der Waals surface area contributed by atoms with Crippen molar-refractivity contribution in [2.24, 2.45) is 0 Å². The minimum atomic E-state index is -1.13. The van der Waals surface area contributed by atoms with Gasteiger partial charge in [-0.2, -0.15) is 0 Å². The topological polar surface area (TPSA) is 90.6 Å². The molecule has 0 radical (unpaired) electrons. The fraction of sp³-hybridized carbons (Fsp3) is 0.344. The molecule has 224 valence electrons. The Labute approximate surface area is 265 Å². The lowest BCUT2D eigenvalue weighted by molar-refractivity contribution is -0.129. The molecule has 2 aliphatic heterocycles. The van der Waals surface area contributed by atoms with Gasteiger partial charge in [0.05, 0.1) is 25.7 Å². The number of hydrogen-bond donors (Lipinski definition) is 2. The quantitative estimate of drug-likeness (QED) is 0.171. The molecule has 4 aromatic rings. The van der Waals surface area contributed by atoms with Crippen molar-refractivity contribution >= 4 is 57.7 Å². The van der Waals surface area contributed by atoms with Crippen molar-refractivity contribution in [3.63, 3.8) is 0 Å². The van der Waals surface area contributed by atoms with Crippen molar-refractivity contribution in [1.82, 2.24) is 25.1 Å². The number of carbonyl (C=O) groups excluding carboxylic acids is 2. The van der Waals surface area contributed by atoms with Crippen LogP contribution in [0.2, 0.25) is 10.2 Å². The number of ether oxygens (including phenoxy) is 1. The lowest BCUT2D eigenvalue weighted by atomic mass is 9.91. The summed E-state index contributed by atoms with van der Waals surface area (Å²) in [7, 11) is 0. The molecule has 0 aliphatic carbocycles. The standard InChI is InChI=1S/C32H33Cl2N5O3S/c33-23-8-9-25-26(20-36-27(25)17-23)30-32(43-24-5-2-1-3-6-24,31(41)35-11-4-12-38-13-15-42-16-14-38)18-29(40)39(30)21-22-7-10-28(34)37-19-22/h1-3,5-10,17,19-20,30,36H,4,11-16,18,21H2,(H,35,41)/t30-,32+/m1/s1. The number of carbonyl (C=O) groups is 2. The van der Waals surface area contributed by atoms with Crippen molar-refractivity contribution in [3.05, 3.63) is 94.4 Å². The van der Waals surface area contributed by atoms with Crippen molar-refractivity contribution in [3.8, 4) is 0 Å². The van der Waals surface area contributed by atoms with E-state index in [0.717, 1.165) is 66.2 Å². The Kier molecular flexibility index (Phi) is 9.25. The van der Waals surface area contributed by atoms with Crippen LogP contribution in [0.5, 0.6) is 0 Å². The monoisotopic (exact) mass is 637 g/mol. The number of nitrogens with zero attached hydrogens (tertiary/aromatic N) is 3. The summed E-state index contributed by atoms with van der Waals surface area (Å²) in [5.74, 6) is -0.253. The number of amides is 2. The van der Waals surface area contributed by atoms with E-state index in [4.69, 9.17) is 27.9 Å². The van der Waals surface area contributed by atoms with Gasteiger partial charge in [-0.1, -0.05) is 53.5 Å². The van der Waals surface area contributed by atoms with Gasteiger partial charge in [-0.05, 0) is 48.9 Å². The molecule has 8 nitrogen and oxygen atoms in total. The molecule has 11 heteroatoms. The van der Waals surface area contributed by atoms with E-state index in [1.165, 1.54) is 11.8 Å². The number of rotatable bonds is 10. The molecular formula is C32H33Cl2N5O3S. The highest BCUT2D eigenvalue weighted by atomic mass is 35.5. The number of aromatic amines is 1. The maximum absolute atomic E-state index is 14.5. The fourth-order valence-electron chi connectivity index (χ4n) is 5.98. The van der Waals surface area contributed by atoms with Gasteiger partial charge in [0.25, 0.3) is 0 Å². The third kappa shape index (κ3) is 6.56. The molecule has 0 bridgehead atoms. The highest BCUT2D eigenvalue weighted by Crippen LogP contribution is 2.54. The van der Waals surface area contributed by atoms with Crippen LogP contribution in [0.15, 0.2) is 78.0 Å². The zero-order valence-electron chi connectivity index (χ0n) is 23.6. The van der Waals surface area contributed by atoms with Gasteiger partial charge in [0.2, 0.25) is 11.8 Å². The summed E-state index contributed by atoms with van der Waals surface area (Å²) in [6.45, 7) is 4.95. The summed E-state index contributed by atoms with van der Waals surface area (Å²) < 4.78 is 4.33. The summed E-state index contributed by atoms with van der Waals surface area (Å²) in [5.41, 5.74) is 2.54. The first kappa shape index (κ1) is 30.0. The number of pyridine rings is 1. The third-order valence-corrected chi connectivity index (χ3v) is 9.95. The van der Waals surface area contributed by atoms with E-state index in [0.29, 0.717) is 16.7 Å². The Bertz CT molecular complexity index is 1580. The molecule has 0 saturated carbocycles. The van der Waals surface area contributed by atoms with Crippen LogP contribution in [-0.2, 0) is 20.9 Å². The Balaban J connectivity index is 1.38. The number of morpholine rings is 1. The molecule has 6 rings (SSSR count). The van der Waals surface area contributed by atoms with Gasteiger partial charge >= 0.3 is 0 Å². The van der Waals surface area contributed by atoms with E-state index in [9.17, 15) is 9.59 Å².